The average Bonchev–Trinajstić information content (AvgIpc) is 2.38. The molecule has 16 heavy (non-hydrogen) atoms. The molecule has 0 atom stereocenters. The van der Waals surface area contributed by atoms with E-state index < -0.39 is 0 Å². The Bertz CT molecular complexity index is 417. The highest BCUT2D eigenvalue weighted by molar-refractivity contribution is 5.65. The minimum atomic E-state index is 1.03. The minimum absolute atomic E-state index is 1.03. The molecule has 0 saturated carbocycles. The number of hydrogen-bond acceptors (Lipinski definition) is 1. The van der Waals surface area contributed by atoms with Crippen molar-refractivity contribution in [2.45, 2.75) is 13.3 Å². The van der Waals surface area contributed by atoms with Crippen LogP contribution in [0.4, 0.5) is 5.69 Å². The van der Waals surface area contributed by atoms with Crippen LogP contribution >= 0.6 is 0 Å². The van der Waals surface area contributed by atoms with Crippen LogP contribution in [0.15, 0.2) is 54.6 Å². The summed E-state index contributed by atoms with van der Waals surface area (Å²) < 4.78 is 0. The molecule has 1 nitrogen and oxygen atoms in total. The van der Waals surface area contributed by atoms with E-state index in [1.165, 1.54) is 16.8 Å². The SMILES string of the molecule is CCCNc1ccc(-c2ccccc2)cc1. The van der Waals surface area contributed by atoms with Gasteiger partial charge in [0.05, 0.1) is 0 Å². The van der Waals surface area contributed by atoms with E-state index in [1.807, 2.05) is 6.07 Å². The summed E-state index contributed by atoms with van der Waals surface area (Å²) in [5.74, 6) is 0. The van der Waals surface area contributed by atoms with Crippen LogP contribution in [0.25, 0.3) is 11.1 Å². The van der Waals surface area contributed by atoms with Crippen LogP contribution in [-0.4, -0.2) is 6.54 Å². The molecule has 0 unspecified atom stereocenters. The van der Waals surface area contributed by atoms with Gasteiger partial charge in [-0.05, 0) is 29.7 Å². The fraction of sp³-hybridized carbons (Fsp3) is 0.200. The third-order valence-corrected chi connectivity index (χ3v) is 2.57. The summed E-state index contributed by atoms with van der Waals surface area (Å²) in [5, 5.41) is 3.37. The van der Waals surface area contributed by atoms with Crippen LogP contribution in [0.5, 0.6) is 0 Å². The van der Waals surface area contributed by atoms with E-state index in [-0.39, 0.29) is 0 Å². The molecule has 2 aromatic rings. The molecule has 0 aliphatic heterocycles. The summed E-state index contributed by atoms with van der Waals surface area (Å²) >= 11 is 0. The highest BCUT2D eigenvalue weighted by Crippen LogP contribution is 2.20. The van der Waals surface area contributed by atoms with Gasteiger partial charge < -0.3 is 5.32 Å². The molecule has 0 bridgehead atoms. The largest absolute Gasteiger partial charge is 0.385 e. The lowest BCUT2D eigenvalue weighted by atomic mass is 10.1. The maximum Gasteiger partial charge on any atom is 0.0340 e. The van der Waals surface area contributed by atoms with Crippen molar-refractivity contribution >= 4 is 5.69 Å². The minimum Gasteiger partial charge on any atom is -0.385 e. The van der Waals surface area contributed by atoms with Gasteiger partial charge in [-0.25, -0.2) is 0 Å². The first-order valence-corrected chi connectivity index (χ1v) is 5.79. The van der Waals surface area contributed by atoms with Crippen molar-refractivity contribution in [3.63, 3.8) is 0 Å². The summed E-state index contributed by atoms with van der Waals surface area (Å²) in [6.07, 6.45) is 1.15. The maximum atomic E-state index is 3.37. The number of rotatable bonds is 4. The van der Waals surface area contributed by atoms with E-state index in [4.69, 9.17) is 0 Å². The third kappa shape index (κ3) is 2.63. The molecule has 82 valence electrons. The van der Waals surface area contributed by atoms with Gasteiger partial charge in [-0.2, -0.15) is 0 Å². The van der Waals surface area contributed by atoms with Crippen LogP contribution in [0.2, 0.25) is 0 Å². The molecule has 0 spiro atoms. The van der Waals surface area contributed by atoms with E-state index in [9.17, 15) is 0 Å². The Kier molecular flexibility index (Phi) is 3.60. The topological polar surface area (TPSA) is 12.0 Å². The van der Waals surface area contributed by atoms with Crippen LogP contribution in [-0.2, 0) is 0 Å². The Balaban J connectivity index is 2.13. The van der Waals surface area contributed by atoms with Gasteiger partial charge in [0, 0.05) is 12.2 Å². The zero-order valence-electron chi connectivity index (χ0n) is 9.61. The molecule has 2 aromatic carbocycles. The quantitative estimate of drug-likeness (QED) is 0.800. The lowest BCUT2D eigenvalue weighted by Gasteiger charge is -2.06. The Morgan fingerprint density at radius 2 is 1.44 bits per heavy atom. The molecule has 0 radical (unpaired) electrons. The van der Waals surface area contributed by atoms with E-state index >= 15 is 0 Å². The Hall–Kier alpha value is -1.76. The Morgan fingerprint density at radius 1 is 0.812 bits per heavy atom. The van der Waals surface area contributed by atoms with E-state index in [2.05, 4.69) is 60.8 Å². The first-order chi connectivity index (χ1) is 7.90. The van der Waals surface area contributed by atoms with Crippen molar-refractivity contribution in [1.29, 1.82) is 0 Å². The summed E-state index contributed by atoms with van der Waals surface area (Å²) in [4.78, 5) is 0. The summed E-state index contributed by atoms with van der Waals surface area (Å²) in [7, 11) is 0. The van der Waals surface area contributed by atoms with E-state index in [0.717, 1.165) is 13.0 Å². The summed E-state index contributed by atoms with van der Waals surface area (Å²) in [5.41, 5.74) is 3.73. The number of nitrogens with one attached hydrogen (secondary N) is 1. The van der Waals surface area contributed by atoms with Gasteiger partial charge in [-0.1, -0.05) is 49.4 Å². The molecule has 0 amide bonds. The molecule has 0 heterocycles. The zero-order chi connectivity index (χ0) is 11.2. The summed E-state index contributed by atoms with van der Waals surface area (Å²) in [6.45, 7) is 3.20. The van der Waals surface area contributed by atoms with Crippen molar-refractivity contribution < 1.29 is 0 Å². The monoisotopic (exact) mass is 211 g/mol. The van der Waals surface area contributed by atoms with Crippen LogP contribution in [0, 0.1) is 0 Å². The fourth-order valence-corrected chi connectivity index (χ4v) is 1.68. The molecule has 0 saturated heterocycles. The Labute approximate surface area is 97.1 Å². The van der Waals surface area contributed by atoms with Crippen molar-refractivity contribution in [1.82, 2.24) is 0 Å². The van der Waals surface area contributed by atoms with Gasteiger partial charge in [0.2, 0.25) is 0 Å². The van der Waals surface area contributed by atoms with Gasteiger partial charge in [0.1, 0.15) is 0 Å². The number of anilines is 1. The standard InChI is InChI=1S/C15H17N/c1-2-12-16-15-10-8-14(9-11-15)13-6-4-3-5-7-13/h3-11,16H,2,12H2,1H3. The maximum absolute atomic E-state index is 3.37. The lowest BCUT2D eigenvalue weighted by molar-refractivity contribution is 0.980. The molecule has 0 aliphatic carbocycles. The first-order valence-electron chi connectivity index (χ1n) is 5.79. The van der Waals surface area contributed by atoms with Gasteiger partial charge in [0.25, 0.3) is 0 Å². The fourth-order valence-electron chi connectivity index (χ4n) is 1.68. The third-order valence-electron chi connectivity index (χ3n) is 2.57. The highest BCUT2D eigenvalue weighted by atomic mass is 14.9. The van der Waals surface area contributed by atoms with E-state index in [0.29, 0.717) is 0 Å². The van der Waals surface area contributed by atoms with Crippen LogP contribution < -0.4 is 5.32 Å². The van der Waals surface area contributed by atoms with Crippen LogP contribution in [0.1, 0.15) is 13.3 Å². The van der Waals surface area contributed by atoms with Crippen molar-refractivity contribution in [2.24, 2.45) is 0 Å². The molecule has 0 aromatic heterocycles. The van der Waals surface area contributed by atoms with Gasteiger partial charge in [-0.3, -0.25) is 0 Å². The molecular weight excluding hydrogens is 194 g/mol. The second kappa shape index (κ2) is 5.36. The summed E-state index contributed by atoms with van der Waals surface area (Å²) in [6, 6.07) is 19.0. The number of benzene rings is 2. The normalized spacial score (nSPS) is 10.1. The predicted octanol–water partition coefficient (Wildman–Crippen LogP) is 4.18. The van der Waals surface area contributed by atoms with E-state index in [1.54, 1.807) is 0 Å². The first kappa shape index (κ1) is 10.7. The lowest BCUT2D eigenvalue weighted by Crippen LogP contribution is -1.98. The molecular formula is C15H17N. The second-order valence-corrected chi connectivity index (χ2v) is 3.87. The van der Waals surface area contributed by atoms with Crippen molar-refractivity contribution in [3.05, 3.63) is 54.6 Å². The highest BCUT2D eigenvalue weighted by Gasteiger charge is 1.96. The zero-order valence-corrected chi connectivity index (χ0v) is 9.61. The predicted molar refractivity (Wildman–Crippen MR) is 70.7 cm³/mol. The molecule has 0 fully saturated rings. The van der Waals surface area contributed by atoms with Crippen LogP contribution in [0.3, 0.4) is 0 Å². The van der Waals surface area contributed by atoms with Gasteiger partial charge >= 0.3 is 0 Å². The Morgan fingerprint density at radius 3 is 2.06 bits per heavy atom. The smallest absolute Gasteiger partial charge is 0.0340 e. The van der Waals surface area contributed by atoms with Crippen molar-refractivity contribution in [3.8, 4) is 11.1 Å². The van der Waals surface area contributed by atoms with Gasteiger partial charge in [-0.15, -0.1) is 0 Å². The molecule has 1 heteroatoms. The number of hydrogen-bond donors (Lipinski definition) is 1. The average molecular weight is 211 g/mol. The van der Waals surface area contributed by atoms with Gasteiger partial charge in [0.15, 0.2) is 0 Å². The second-order valence-electron chi connectivity index (χ2n) is 3.87. The molecule has 0 aliphatic rings. The molecule has 2 rings (SSSR count). The van der Waals surface area contributed by atoms with Crippen molar-refractivity contribution in [2.75, 3.05) is 11.9 Å². The molecule has 1 N–H and O–H groups in total.